The minimum atomic E-state index is -3.46. The average Bonchev–Trinajstić information content (AvgIpc) is 2.67. The lowest BCUT2D eigenvalue weighted by Gasteiger charge is -2.35. The predicted molar refractivity (Wildman–Crippen MR) is 108 cm³/mol. The number of rotatable bonds is 7. The van der Waals surface area contributed by atoms with Gasteiger partial charge in [-0.05, 0) is 42.3 Å². The number of hydrogen-bond acceptors (Lipinski definition) is 4. The smallest absolute Gasteiger partial charge is 0.243 e. The maximum Gasteiger partial charge on any atom is 0.243 e. The lowest BCUT2D eigenvalue weighted by Crippen LogP contribution is -2.53. The third kappa shape index (κ3) is 5.16. The highest BCUT2D eigenvalue weighted by Gasteiger charge is 2.29. The molecule has 0 radical (unpaired) electrons. The zero-order chi connectivity index (χ0) is 19.2. The van der Waals surface area contributed by atoms with Gasteiger partial charge in [0.2, 0.25) is 10.0 Å². The van der Waals surface area contributed by atoms with E-state index in [0.717, 1.165) is 6.42 Å². The molecule has 1 aromatic rings. The predicted octanol–water partition coefficient (Wildman–Crippen LogP) is 2.03. The van der Waals surface area contributed by atoms with Gasteiger partial charge in [0, 0.05) is 39.8 Å². The van der Waals surface area contributed by atoms with Gasteiger partial charge in [-0.1, -0.05) is 26.0 Å². The molecule has 8 heteroatoms. The molecule has 1 heterocycles. The van der Waals surface area contributed by atoms with Gasteiger partial charge < -0.3 is 15.0 Å². The molecule has 1 aromatic carbocycles. The third-order valence-corrected chi connectivity index (χ3v) is 7.12. The standard InChI is InChI=1S/C18H29N3O3S2/c1-4-15(2)16-5-7-17(8-6-16)26(22,23)21-12-10-20(11-13-21)18(25)19-9-14-24-3/h5-8,15H,4,9-14H2,1-3H3,(H,19,25)/t15-/m1/s1. The molecule has 26 heavy (non-hydrogen) atoms. The molecule has 0 unspecified atom stereocenters. The summed E-state index contributed by atoms with van der Waals surface area (Å²) in [7, 11) is -1.82. The van der Waals surface area contributed by atoms with Crippen LogP contribution in [0.15, 0.2) is 29.2 Å². The summed E-state index contributed by atoms with van der Waals surface area (Å²) in [6, 6.07) is 7.29. The van der Waals surface area contributed by atoms with Crippen LogP contribution in [0, 0.1) is 0 Å². The maximum atomic E-state index is 12.9. The van der Waals surface area contributed by atoms with Gasteiger partial charge in [-0.15, -0.1) is 0 Å². The first kappa shape index (κ1) is 21.1. The summed E-state index contributed by atoms with van der Waals surface area (Å²) in [5.74, 6) is 0.432. The van der Waals surface area contributed by atoms with Gasteiger partial charge in [0.1, 0.15) is 0 Å². The highest BCUT2D eigenvalue weighted by molar-refractivity contribution is 7.89. The number of methoxy groups -OCH3 is 1. The Balaban J connectivity index is 1.96. The van der Waals surface area contributed by atoms with Gasteiger partial charge >= 0.3 is 0 Å². The molecule has 1 aliphatic heterocycles. The van der Waals surface area contributed by atoms with Crippen LogP contribution in [0.5, 0.6) is 0 Å². The van der Waals surface area contributed by atoms with E-state index < -0.39 is 10.0 Å². The molecule has 6 nitrogen and oxygen atoms in total. The van der Waals surface area contributed by atoms with Gasteiger partial charge in [0.15, 0.2) is 5.11 Å². The summed E-state index contributed by atoms with van der Waals surface area (Å²) >= 11 is 5.35. The van der Waals surface area contributed by atoms with Crippen molar-refractivity contribution in [2.75, 3.05) is 46.4 Å². The summed E-state index contributed by atoms with van der Waals surface area (Å²) in [6.07, 6.45) is 1.03. The Morgan fingerprint density at radius 3 is 2.38 bits per heavy atom. The Morgan fingerprint density at radius 2 is 1.85 bits per heavy atom. The maximum absolute atomic E-state index is 12.9. The molecule has 1 atom stereocenters. The molecule has 146 valence electrons. The van der Waals surface area contributed by atoms with Crippen LogP contribution in [-0.4, -0.2) is 69.2 Å². The monoisotopic (exact) mass is 399 g/mol. The van der Waals surface area contributed by atoms with Gasteiger partial charge in [-0.25, -0.2) is 8.42 Å². The Kier molecular flexibility index (Phi) is 7.82. The van der Waals surface area contributed by atoms with Crippen molar-refractivity contribution in [2.24, 2.45) is 0 Å². The quantitative estimate of drug-likeness (QED) is 0.559. The van der Waals surface area contributed by atoms with E-state index in [1.807, 2.05) is 17.0 Å². The van der Waals surface area contributed by atoms with E-state index in [-0.39, 0.29) is 0 Å². The second-order valence-electron chi connectivity index (χ2n) is 6.49. The zero-order valence-corrected chi connectivity index (χ0v) is 17.4. The molecular weight excluding hydrogens is 370 g/mol. The summed E-state index contributed by atoms with van der Waals surface area (Å²) < 4.78 is 32.3. The summed E-state index contributed by atoms with van der Waals surface area (Å²) in [6.45, 7) is 7.54. The number of nitrogens with one attached hydrogen (secondary N) is 1. The molecule has 2 rings (SSSR count). The Morgan fingerprint density at radius 1 is 1.23 bits per heavy atom. The number of benzene rings is 1. The second kappa shape index (κ2) is 9.64. The fourth-order valence-corrected chi connectivity index (χ4v) is 4.56. The van der Waals surface area contributed by atoms with Crippen LogP contribution in [0.25, 0.3) is 0 Å². The van der Waals surface area contributed by atoms with Crippen molar-refractivity contribution in [1.82, 2.24) is 14.5 Å². The van der Waals surface area contributed by atoms with Crippen molar-refractivity contribution in [3.05, 3.63) is 29.8 Å². The van der Waals surface area contributed by atoms with E-state index in [2.05, 4.69) is 19.2 Å². The number of ether oxygens (including phenoxy) is 1. The van der Waals surface area contributed by atoms with Crippen LogP contribution in [0.4, 0.5) is 0 Å². The minimum absolute atomic E-state index is 0.360. The Bertz CT molecular complexity index is 684. The van der Waals surface area contributed by atoms with Crippen molar-refractivity contribution in [3.63, 3.8) is 0 Å². The fourth-order valence-electron chi connectivity index (χ4n) is 2.86. The van der Waals surface area contributed by atoms with E-state index in [9.17, 15) is 8.42 Å². The summed E-state index contributed by atoms with van der Waals surface area (Å²) in [5.41, 5.74) is 1.17. The first-order valence-corrected chi connectivity index (χ1v) is 10.9. The first-order valence-electron chi connectivity index (χ1n) is 9.02. The van der Waals surface area contributed by atoms with Crippen LogP contribution < -0.4 is 5.32 Å². The second-order valence-corrected chi connectivity index (χ2v) is 8.82. The number of nitrogens with zero attached hydrogens (tertiary/aromatic N) is 2. The lowest BCUT2D eigenvalue weighted by atomic mass is 9.99. The lowest BCUT2D eigenvalue weighted by molar-refractivity contribution is 0.201. The minimum Gasteiger partial charge on any atom is -0.383 e. The normalized spacial score (nSPS) is 17.1. The van der Waals surface area contributed by atoms with Crippen molar-refractivity contribution < 1.29 is 13.2 Å². The SMILES string of the molecule is CC[C@@H](C)c1ccc(S(=O)(=O)N2CCN(C(=S)NCCOC)CC2)cc1. The van der Waals surface area contributed by atoms with Crippen molar-refractivity contribution in [3.8, 4) is 0 Å². The largest absolute Gasteiger partial charge is 0.383 e. The summed E-state index contributed by atoms with van der Waals surface area (Å²) in [4.78, 5) is 2.36. The molecule has 0 spiro atoms. The highest BCUT2D eigenvalue weighted by atomic mass is 32.2. The molecule has 1 fully saturated rings. The van der Waals surface area contributed by atoms with Crippen LogP contribution in [0.3, 0.4) is 0 Å². The molecule has 0 amide bonds. The zero-order valence-electron chi connectivity index (χ0n) is 15.8. The molecule has 0 saturated carbocycles. The number of piperazine rings is 1. The van der Waals surface area contributed by atoms with Gasteiger partial charge in [-0.3, -0.25) is 0 Å². The number of sulfonamides is 1. The van der Waals surface area contributed by atoms with Crippen LogP contribution >= 0.6 is 12.2 Å². The van der Waals surface area contributed by atoms with Crippen molar-refractivity contribution in [2.45, 2.75) is 31.1 Å². The van der Waals surface area contributed by atoms with Crippen LogP contribution in [-0.2, 0) is 14.8 Å². The van der Waals surface area contributed by atoms with Crippen LogP contribution in [0.2, 0.25) is 0 Å². The number of thiocarbonyl (C=S) groups is 1. The highest BCUT2D eigenvalue weighted by Crippen LogP contribution is 2.23. The molecule has 0 bridgehead atoms. The third-order valence-electron chi connectivity index (χ3n) is 4.81. The Labute approximate surface area is 162 Å². The van der Waals surface area contributed by atoms with Gasteiger partial charge in [-0.2, -0.15) is 4.31 Å². The van der Waals surface area contributed by atoms with E-state index in [0.29, 0.717) is 55.3 Å². The van der Waals surface area contributed by atoms with E-state index in [4.69, 9.17) is 17.0 Å². The molecule has 1 saturated heterocycles. The molecule has 1 N–H and O–H groups in total. The fraction of sp³-hybridized carbons (Fsp3) is 0.611. The summed E-state index contributed by atoms with van der Waals surface area (Å²) in [5, 5.41) is 3.78. The van der Waals surface area contributed by atoms with E-state index in [1.165, 1.54) is 5.56 Å². The van der Waals surface area contributed by atoms with Gasteiger partial charge in [0.05, 0.1) is 11.5 Å². The molecule has 0 aromatic heterocycles. The van der Waals surface area contributed by atoms with E-state index in [1.54, 1.807) is 23.5 Å². The van der Waals surface area contributed by atoms with Crippen molar-refractivity contribution >= 4 is 27.4 Å². The molecular formula is C18H29N3O3S2. The van der Waals surface area contributed by atoms with Crippen LogP contribution in [0.1, 0.15) is 31.7 Å². The molecule has 1 aliphatic rings. The van der Waals surface area contributed by atoms with Crippen molar-refractivity contribution in [1.29, 1.82) is 0 Å². The average molecular weight is 400 g/mol. The first-order chi connectivity index (χ1) is 12.4. The number of hydrogen-bond donors (Lipinski definition) is 1. The molecule has 0 aliphatic carbocycles. The van der Waals surface area contributed by atoms with Gasteiger partial charge in [0.25, 0.3) is 0 Å². The topological polar surface area (TPSA) is 61.9 Å². The van der Waals surface area contributed by atoms with E-state index >= 15 is 0 Å². The Hall–Kier alpha value is -1.22.